The highest BCUT2D eigenvalue weighted by molar-refractivity contribution is 5.78. The predicted octanol–water partition coefficient (Wildman–Crippen LogP) is -0.835. The van der Waals surface area contributed by atoms with Crippen molar-refractivity contribution in [2.75, 3.05) is 13.1 Å². The highest BCUT2D eigenvalue weighted by Gasteiger charge is 2.15. The minimum Gasteiger partial charge on any atom is -0.361 e. The second-order valence-corrected chi connectivity index (χ2v) is 1.88. The summed E-state index contributed by atoms with van der Waals surface area (Å²) in [4.78, 5) is 12.1. The van der Waals surface area contributed by atoms with Gasteiger partial charge in [0.25, 0.3) is 5.91 Å². The summed E-state index contributed by atoms with van der Waals surface area (Å²) >= 11 is 0. The Kier molecular flexibility index (Phi) is 3.99. The fourth-order valence-corrected chi connectivity index (χ4v) is 0.699. The van der Waals surface area contributed by atoms with Crippen molar-refractivity contribution in [3.05, 3.63) is 0 Å². The van der Waals surface area contributed by atoms with E-state index in [-0.39, 0.29) is 0 Å². The molecule has 0 aromatic heterocycles. The van der Waals surface area contributed by atoms with Crippen molar-refractivity contribution < 1.29 is 15.0 Å². The lowest BCUT2D eigenvalue weighted by Crippen LogP contribution is -2.38. The van der Waals surface area contributed by atoms with Crippen LogP contribution in [0.5, 0.6) is 0 Å². The van der Waals surface area contributed by atoms with E-state index in [1.54, 1.807) is 13.8 Å². The van der Waals surface area contributed by atoms with Crippen molar-refractivity contribution in [3.63, 3.8) is 0 Å². The van der Waals surface area contributed by atoms with E-state index in [2.05, 4.69) is 0 Å². The lowest BCUT2D eigenvalue weighted by Gasteiger charge is -2.18. The van der Waals surface area contributed by atoms with Crippen LogP contribution >= 0.6 is 0 Å². The average molecular weight is 147 g/mol. The molecule has 0 spiro atoms. The van der Waals surface area contributed by atoms with Crippen LogP contribution in [-0.2, 0) is 4.79 Å². The zero-order valence-corrected chi connectivity index (χ0v) is 6.24. The summed E-state index contributed by atoms with van der Waals surface area (Å²) in [5.74, 6) is -0.634. The number of aliphatic hydroxyl groups is 2. The van der Waals surface area contributed by atoms with E-state index in [0.717, 1.165) is 0 Å². The molecule has 10 heavy (non-hydrogen) atoms. The van der Waals surface area contributed by atoms with Gasteiger partial charge in [0.15, 0.2) is 0 Å². The summed E-state index contributed by atoms with van der Waals surface area (Å²) in [6, 6.07) is 0. The Labute approximate surface area is 60.1 Å². The van der Waals surface area contributed by atoms with E-state index in [1.807, 2.05) is 0 Å². The van der Waals surface area contributed by atoms with Gasteiger partial charge in [-0.05, 0) is 13.8 Å². The van der Waals surface area contributed by atoms with Crippen molar-refractivity contribution >= 4 is 5.91 Å². The minimum atomic E-state index is -1.86. The monoisotopic (exact) mass is 147 g/mol. The van der Waals surface area contributed by atoms with Crippen molar-refractivity contribution in [2.45, 2.75) is 20.1 Å². The maximum atomic E-state index is 10.7. The van der Waals surface area contributed by atoms with E-state index in [9.17, 15) is 4.79 Å². The third-order valence-electron chi connectivity index (χ3n) is 1.30. The summed E-state index contributed by atoms with van der Waals surface area (Å²) in [6.07, 6.45) is -1.86. The molecule has 60 valence electrons. The lowest BCUT2D eigenvalue weighted by molar-refractivity contribution is -0.158. The van der Waals surface area contributed by atoms with Gasteiger partial charge in [0.2, 0.25) is 6.29 Å². The van der Waals surface area contributed by atoms with Crippen molar-refractivity contribution in [3.8, 4) is 0 Å². The van der Waals surface area contributed by atoms with Crippen molar-refractivity contribution in [1.29, 1.82) is 0 Å². The molecule has 0 unspecified atom stereocenters. The first-order valence-corrected chi connectivity index (χ1v) is 3.28. The van der Waals surface area contributed by atoms with Gasteiger partial charge in [-0.3, -0.25) is 4.79 Å². The molecule has 0 aromatic rings. The second kappa shape index (κ2) is 4.24. The lowest BCUT2D eigenvalue weighted by atomic mass is 10.4. The predicted molar refractivity (Wildman–Crippen MR) is 36.2 cm³/mol. The van der Waals surface area contributed by atoms with E-state index in [4.69, 9.17) is 10.2 Å². The number of nitrogens with zero attached hydrogens (tertiary/aromatic N) is 1. The van der Waals surface area contributed by atoms with Gasteiger partial charge >= 0.3 is 0 Å². The number of amides is 1. The Morgan fingerprint density at radius 3 is 1.90 bits per heavy atom. The van der Waals surface area contributed by atoms with Gasteiger partial charge in [0, 0.05) is 13.1 Å². The number of carbonyl (C=O) groups is 1. The Morgan fingerprint density at radius 2 is 1.80 bits per heavy atom. The van der Waals surface area contributed by atoms with Gasteiger partial charge < -0.3 is 15.1 Å². The first-order chi connectivity index (χ1) is 4.63. The molecule has 0 atom stereocenters. The van der Waals surface area contributed by atoms with Crippen LogP contribution < -0.4 is 0 Å². The molecule has 0 rings (SSSR count). The van der Waals surface area contributed by atoms with E-state index in [1.165, 1.54) is 4.90 Å². The molecular weight excluding hydrogens is 134 g/mol. The average Bonchev–Trinajstić information content (AvgIpc) is 1.90. The first kappa shape index (κ1) is 9.39. The highest BCUT2D eigenvalue weighted by atomic mass is 16.5. The number of likely N-dealkylation sites (N-methyl/N-ethyl adjacent to an activating group) is 1. The SMILES string of the molecule is CCN(CC)C(=O)C(O)O. The van der Waals surface area contributed by atoms with E-state index in [0.29, 0.717) is 13.1 Å². The van der Waals surface area contributed by atoms with Gasteiger partial charge in [0.05, 0.1) is 0 Å². The third kappa shape index (κ3) is 2.33. The molecule has 0 heterocycles. The summed E-state index contributed by atoms with van der Waals surface area (Å²) in [6.45, 7) is 4.58. The molecule has 0 aliphatic carbocycles. The Bertz CT molecular complexity index is 110. The van der Waals surface area contributed by atoms with Crippen molar-refractivity contribution in [2.24, 2.45) is 0 Å². The molecule has 4 heteroatoms. The van der Waals surface area contributed by atoms with Gasteiger partial charge in [-0.2, -0.15) is 0 Å². The Morgan fingerprint density at radius 1 is 1.40 bits per heavy atom. The van der Waals surface area contributed by atoms with Crippen LogP contribution in [0.25, 0.3) is 0 Å². The standard InChI is InChI=1S/C6H13NO3/c1-3-7(4-2)5(8)6(9)10/h6,9-10H,3-4H2,1-2H3. The van der Waals surface area contributed by atoms with E-state index >= 15 is 0 Å². The zero-order chi connectivity index (χ0) is 8.15. The molecule has 0 aromatic carbocycles. The molecule has 0 aliphatic heterocycles. The molecule has 0 aliphatic rings. The number of rotatable bonds is 3. The number of hydrogen-bond acceptors (Lipinski definition) is 3. The van der Waals surface area contributed by atoms with Crippen LogP contribution in [0.15, 0.2) is 0 Å². The van der Waals surface area contributed by atoms with Gasteiger partial charge in [-0.1, -0.05) is 0 Å². The van der Waals surface area contributed by atoms with Crippen molar-refractivity contribution in [1.82, 2.24) is 4.90 Å². The minimum absolute atomic E-state index is 0.507. The molecule has 0 bridgehead atoms. The molecule has 0 fully saturated rings. The maximum Gasteiger partial charge on any atom is 0.279 e. The Balaban J connectivity index is 3.89. The summed E-state index contributed by atoms with van der Waals surface area (Å²) < 4.78 is 0. The zero-order valence-electron chi connectivity index (χ0n) is 6.24. The maximum absolute atomic E-state index is 10.7. The van der Waals surface area contributed by atoms with Crippen LogP contribution in [0.1, 0.15) is 13.8 Å². The molecule has 4 nitrogen and oxygen atoms in total. The summed E-state index contributed by atoms with van der Waals surface area (Å²) in [5, 5.41) is 16.8. The highest BCUT2D eigenvalue weighted by Crippen LogP contribution is 1.90. The molecule has 0 radical (unpaired) electrons. The molecule has 0 saturated heterocycles. The van der Waals surface area contributed by atoms with Crippen LogP contribution in [0.3, 0.4) is 0 Å². The van der Waals surface area contributed by atoms with Gasteiger partial charge in [-0.15, -0.1) is 0 Å². The van der Waals surface area contributed by atoms with Crippen LogP contribution in [0, 0.1) is 0 Å². The largest absolute Gasteiger partial charge is 0.361 e. The quantitative estimate of drug-likeness (QED) is 0.512. The smallest absolute Gasteiger partial charge is 0.279 e. The Hall–Kier alpha value is -0.610. The third-order valence-corrected chi connectivity index (χ3v) is 1.30. The number of aliphatic hydroxyl groups excluding tert-OH is 1. The normalized spacial score (nSPS) is 10.1. The summed E-state index contributed by atoms with van der Waals surface area (Å²) in [7, 11) is 0. The fraction of sp³-hybridized carbons (Fsp3) is 0.833. The molecule has 0 saturated carbocycles. The first-order valence-electron chi connectivity index (χ1n) is 3.28. The fourth-order valence-electron chi connectivity index (χ4n) is 0.699. The van der Waals surface area contributed by atoms with Crippen LogP contribution in [0.4, 0.5) is 0 Å². The van der Waals surface area contributed by atoms with Gasteiger partial charge in [-0.25, -0.2) is 0 Å². The number of carbonyl (C=O) groups excluding carboxylic acids is 1. The van der Waals surface area contributed by atoms with E-state index < -0.39 is 12.2 Å². The number of hydrogen-bond donors (Lipinski definition) is 2. The molecule has 2 N–H and O–H groups in total. The van der Waals surface area contributed by atoms with Crippen LogP contribution in [-0.4, -0.2) is 40.4 Å². The second-order valence-electron chi connectivity index (χ2n) is 1.88. The topological polar surface area (TPSA) is 60.8 Å². The molecule has 1 amide bonds. The van der Waals surface area contributed by atoms with Gasteiger partial charge in [0.1, 0.15) is 0 Å². The van der Waals surface area contributed by atoms with Crippen LogP contribution in [0.2, 0.25) is 0 Å². The summed E-state index contributed by atoms with van der Waals surface area (Å²) in [5.41, 5.74) is 0. The molecular formula is C6H13NO3.